The first kappa shape index (κ1) is 14.4. The summed E-state index contributed by atoms with van der Waals surface area (Å²) in [5, 5.41) is 3.44. The zero-order valence-electron chi connectivity index (χ0n) is 10.6. The molecule has 0 aromatic carbocycles. The molecule has 1 aliphatic rings. The van der Waals surface area contributed by atoms with Crippen molar-refractivity contribution in [2.75, 3.05) is 26.7 Å². The van der Waals surface area contributed by atoms with Crippen LogP contribution < -0.4 is 5.32 Å². The van der Waals surface area contributed by atoms with Crippen molar-refractivity contribution in [1.29, 1.82) is 0 Å². The highest BCUT2D eigenvalue weighted by Crippen LogP contribution is 2.25. The maximum absolute atomic E-state index is 4.15. The van der Waals surface area contributed by atoms with Crippen LogP contribution in [0.1, 0.15) is 18.9 Å². The fourth-order valence-electron chi connectivity index (χ4n) is 2.51. The minimum atomic E-state index is 0. The van der Waals surface area contributed by atoms with Gasteiger partial charge in [0.05, 0.1) is 0 Å². The van der Waals surface area contributed by atoms with Crippen molar-refractivity contribution in [3.63, 3.8) is 0 Å². The third-order valence-electron chi connectivity index (χ3n) is 3.28. The normalized spacial score (nSPS) is 23.7. The Kier molecular flexibility index (Phi) is 5.37. The molecule has 1 aliphatic heterocycles. The number of hydrogen-bond donors (Lipinski definition) is 1. The molecule has 0 spiro atoms. The number of halogens is 1. The zero-order valence-corrected chi connectivity index (χ0v) is 11.5. The standard InChI is InChI=1S/C13H21N3.ClH/c1-13(5-7-15-10-13)11-16(2)9-12-4-3-6-14-8-12;/h3-4,6,8,15H,5,7,9-11H2,1-2H3;1H. The smallest absolute Gasteiger partial charge is 0.0312 e. The van der Waals surface area contributed by atoms with E-state index in [4.69, 9.17) is 0 Å². The highest BCUT2D eigenvalue weighted by Gasteiger charge is 2.29. The molecule has 1 N–H and O–H groups in total. The van der Waals surface area contributed by atoms with Gasteiger partial charge in [-0.1, -0.05) is 13.0 Å². The Morgan fingerprint density at radius 1 is 1.53 bits per heavy atom. The lowest BCUT2D eigenvalue weighted by molar-refractivity contribution is 0.203. The van der Waals surface area contributed by atoms with Crippen molar-refractivity contribution in [2.45, 2.75) is 19.9 Å². The molecule has 1 atom stereocenters. The van der Waals surface area contributed by atoms with E-state index in [0.29, 0.717) is 5.41 Å². The number of nitrogens with zero attached hydrogens (tertiary/aromatic N) is 2. The van der Waals surface area contributed by atoms with Gasteiger partial charge in [0.1, 0.15) is 0 Å². The molecule has 1 fully saturated rings. The molecule has 1 saturated heterocycles. The summed E-state index contributed by atoms with van der Waals surface area (Å²) in [7, 11) is 2.19. The molecule has 2 heterocycles. The molecule has 96 valence electrons. The summed E-state index contributed by atoms with van der Waals surface area (Å²) < 4.78 is 0. The molecule has 0 aliphatic carbocycles. The summed E-state index contributed by atoms with van der Waals surface area (Å²) in [5.74, 6) is 0. The van der Waals surface area contributed by atoms with Crippen molar-refractivity contribution in [3.05, 3.63) is 30.1 Å². The summed E-state index contributed by atoms with van der Waals surface area (Å²) in [5.41, 5.74) is 1.73. The predicted molar refractivity (Wildman–Crippen MR) is 73.4 cm³/mol. The van der Waals surface area contributed by atoms with Gasteiger partial charge in [0.25, 0.3) is 0 Å². The van der Waals surface area contributed by atoms with Gasteiger partial charge < -0.3 is 10.2 Å². The van der Waals surface area contributed by atoms with Crippen LogP contribution in [-0.2, 0) is 6.54 Å². The van der Waals surface area contributed by atoms with Gasteiger partial charge in [0.15, 0.2) is 0 Å². The number of pyridine rings is 1. The monoisotopic (exact) mass is 255 g/mol. The van der Waals surface area contributed by atoms with E-state index in [0.717, 1.165) is 26.2 Å². The minimum Gasteiger partial charge on any atom is -0.316 e. The van der Waals surface area contributed by atoms with Crippen LogP contribution in [-0.4, -0.2) is 36.6 Å². The molecule has 17 heavy (non-hydrogen) atoms. The molecule has 0 amide bonds. The summed E-state index contributed by atoms with van der Waals surface area (Å²) in [6, 6.07) is 4.14. The van der Waals surface area contributed by atoms with Crippen LogP contribution in [0.25, 0.3) is 0 Å². The zero-order chi connectivity index (χ0) is 11.4. The van der Waals surface area contributed by atoms with E-state index < -0.39 is 0 Å². The Hall–Kier alpha value is -0.640. The minimum absolute atomic E-state index is 0. The van der Waals surface area contributed by atoms with Crippen LogP contribution >= 0.6 is 12.4 Å². The lowest BCUT2D eigenvalue weighted by atomic mass is 9.89. The van der Waals surface area contributed by atoms with Crippen molar-refractivity contribution < 1.29 is 0 Å². The topological polar surface area (TPSA) is 28.2 Å². The Labute approximate surface area is 110 Å². The Morgan fingerprint density at radius 2 is 2.35 bits per heavy atom. The van der Waals surface area contributed by atoms with E-state index in [9.17, 15) is 0 Å². The van der Waals surface area contributed by atoms with E-state index in [2.05, 4.69) is 35.2 Å². The van der Waals surface area contributed by atoms with Crippen LogP contribution in [0.5, 0.6) is 0 Å². The number of nitrogens with one attached hydrogen (secondary N) is 1. The molecular weight excluding hydrogens is 234 g/mol. The second kappa shape index (κ2) is 6.34. The maximum atomic E-state index is 4.15. The third-order valence-corrected chi connectivity index (χ3v) is 3.28. The van der Waals surface area contributed by atoms with E-state index >= 15 is 0 Å². The first-order chi connectivity index (χ1) is 7.68. The Morgan fingerprint density at radius 3 is 2.94 bits per heavy atom. The van der Waals surface area contributed by atoms with Crippen LogP contribution in [0.4, 0.5) is 0 Å². The summed E-state index contributed by atoms with van der Waals surface area (Å²) in [4.78, 5) is 6.54. The quantitative estimate of drug-likeness (QED) is 0.891. The van der Waals surface area contributed by atoms with Gasteiger partial charge in [-0.15, -0.1) is 12.4 Å². The first-order valence-electron chi connectivity index (χ1n) is 5.96. The Bertz CT molecular complexity index is 323. The summed E-state index contributed by atoms with van der Waals surface area (Å²) in [6.07, 6.45) is 5.06. The van der Waals surface area contributed by atoms with Gasteiger partial charge >= 0.3 is 0 Å². The van der Waals surface area contributed by atoms with Gasteiger partial charge in [-0.2, -0.15) is 0 Å². The molecule has 1 aromatic rings. The van der Waals surface area contributed by atoms with Crippen molar-refractivity contribution in [1.82, 2.24) is 15.2 Å². The molecule has 0 bridgehead atoms. The third kappa shape index (κ3) is 4.26. The maximum Gasteiger partial charge on any atom is 0.0312 e. The van der Waals surface area contributed by atoms with Gasteiger partial charge in [-0.3, -0.25) is 4.98 Å². The number of hydrogen-bond acceptors (Lipinski definition) is 3. The molecule has 4 heteroatoms. The van der Waals surface area contributed by atoms with Crippen molar-refractivity contribution >= 4 is 12.4 Å². The number of rotatable bonds is 4. The van der Waals surface area contributed by atoms with Gasteiger partial charge in [0, 0.05) is 32.0 Å². The molecular formula is C13H22ClN3. The second-order valence-electron chi connectivity index (χ2n) is 5.27. The van der Waals surface area contributed by atoms with Crippen LogP contribution in [0.3, 0.4) is 0 Å². The van der Waals surface area contributed by atoms with Crippen LogP contribution in [0.2, 0.25) is 0 Å². The van der Waals surface area contributed by atoms with Gasteiger partial charge in [-0.05, 0) is 37.1 Å². The molecule has 1 aromatic heterocycles. The lowest BCUT2D eigenvalue weighted by Gasteiger charge is -2.29. The van der Waals surface area contributed by atoms with E-state index in [-0.39, 0.29) is 12.4 Å². The second-order valence-corrected chi connectivity index (χ2v) is 5.27. The lowest BCUT2D eigenvalue weighted by Crippen LogP contribution is -2.34. The summed E-state index contributed by atoms with van der Waals surface area (Å²) >= 11 is 0. The highest BCUT2D eigenvalue weighted by atomic mass is 35.5. The van der Waals surface area contributed by atoms with Crippen molar-refractivity contribution in [2.24, 2.45) is 5.41 Å². The fraction of sp³-hybridized carbons (Fsp3) is 0.615. The average Bonchev–Trinajstić information content (AvgIpc) is 2.66. The van der Waals surface area contributed by atoms with Crippen LogP contribution in [0.15, 0.2) is 24.5 Å². The Balaban J connectivity index is 0.00000144. The molecule has 0 radical (unpaired) electrons. The van der Waals surface area contributed by atoms with Gasteiger partial charge in [0.2, 0.25) is 0 Å². The van der Waals surface area contributed by atoms with Crippen LogP contribution in [0, 0.1) is 5.41 Å². The average molecular weight is 256 g/mol. The molecule has 2 rings (SSSR count). The number of aromatic nitrogens is 1. The van der Waals surface area contributed by atoms with E-state index in [1.807, 2.05) is 18.5 Å². The first-order valence-corrected chi connectivity index (χ1v) is 5.96. The van der Waals surface area contributed by atoms with E-state index in [1.165, 1.54) is 12.0 Å². The highest BCUT2D eigenvalue weighted by molar-refractivity contribution is 5.85. The SMILES string of the molecule is CN(Cc1cccnc1)CC1(C)CCNC1.Cl. The van der Waals surface area contributed by atoms with Crippen molar-refractivity contribution in [3.8, 4) is 0 Å². The largest absolute Gasteiger partial charge is 0.316 e. The summed E-state index contributed by atoms with van der Waals surface area (Å²) in [6.45, 7) is 6.81. The fourth-order valence-corrected chi connectivity index (χ4v) is 2.51. The predicted octanol–water partition coefficient (Wildman–Crippen LogP) is 1.93. The van der Waals surface area contributed by atoms with E-state index in [1.54, 1.807) is 0 Å². The molecule has 3 nitrogen and oxygen atoms in total. The van der Waals surface area contributed by atoms with Gasteiger partial charge in [-0.25, -0.2) is 0 Å². The molecule has 1 unspecified atom stereocenters. The molecule has 0 saturated carbocycles.